The Hall–Kier alpha value is -4.21. The Morgan fingerprint density at radius 3 is 2.49 bits per heavy atom. The number of carbonyl (C=O) groups excluding carboxylic acids is 1. The zero-order chi connectivity index (χ0) is 26.9. The third-order valence-corrected chi connectivity index (χ3v) is 5.93. The molecule has 1 aromatic heterocycles. The van der Waals surface area contributed by atoms with Gasteiger partial charge in [0.1, 0.15) is 17.9 Å². The van der Waals surface area contributed by atoms with Crippen molar-refractivity contribution in [3.05, 3.63) is 112 Å². The van der Waals surface area contributed by atoms with E-state index < -0.39 is 35.3 Å². The van der Waals surface area contributed by atoms with Crippen molar-refractivity contribution in [1.29, 1.82) is 5.41 Å². The molecule has 5 nitrogen and oxygen atoms in total. The molecule has 2 N–H and O–H groups in total. The van der Waals surface area contributed by atoms with Crippen LogP contribution in [0.2, 0.25) is 0 Å². The monoisotopic (exact) mass is 515 g/mol. The van der Waals surface area contributed by atoms with Crippen LogP contribution in [0.3, 0.4) is 0 Å². The fourth-order valence-corrected chi connectivity index (χ4v) is 4.04. The molecule has 0 radical (unpaired) electrons. The Bertz CT molecular complexity index is 1520. The lowest BCUT2D eigenvalue weighted by molar-refractivity contribution is -0.140. The number of hydrogen-bond acceptors (Lipinski definition) is 3. The van der Waals surface area contributed by atoms with Crippen molar-refractivity contribution in [2.45, 2.75) is 32.6 Å². The maximum absolute atomic E-state index is 13.7. The van der Waals surface area contributed by atoms with Crippen LogP contribution in [0, 0.1) is 24.0 Å². The summed E-state index contributed by atoms with van der Waals surface area (Å²) >= 11 is 0. The fraction of sp³-hybridized carbons (Fsp3) is 0.185. The molecule has 4 rings (SSSR count). The molecule has 0 saturated heterocycles. The van der Waals surface area contributed by atoms with Gasteiger partial charge in [-0.05, 0) is 84.1 Å². The van der Waals surface area contributed by atoms with Crippen LogP contribution >= 0.6 is 0 Å². The minimum atomic E-state index is -4.87. The van der Waals surface area contributed by atoms with Crippen molar-refractivity contribution in [2.75, 3.05) is 0 Å². The highest BCUT2D eigenvalue weighted by Gasteiger charge is 2.34. The molecule has 0 bridgehead atoms. The zero-order valence-corrected chi connectivity index (χ0v) is 19.8. The number of amides is 1. The second kappa shape index (κ2) is 10.0. The van der Waals surface area contributed by atoms with Crippen molar-refractivity contribution in [3.8, 4) is 11.1 Å². The molecule has 10 heteroatoms. The predicted molar refractivity (Wildman–Crippen MR) is 126 cm³/mol. The van der Waals surface area contributed by atoms with Gasteiger partial charge < -0.3 is 9.73 Å². The second-order valence-electron chi connectivity index (χ2n) is 8.65. The number of hydrogen-bond donors (Lipinski definition) is 2. The lowest BCUT2D eigenvalue weighted by atomic mass is 9.95. The van der Waals surface area contributed by atoms with Gasteiger partial charge in [0.05, 0.1) is 18.2 Å². The summed E-state index contributed by atoms with van der Waals surface area (Å²) in [5, 5.41) is 10.5. The lowest BCUT2D eigenvalue weighted by Gasteiger charge is -2.18. The van der Waals surface area contributed by atoms with Gasteiger partial charge in [0.25, 0.3) is 11.6 Å². The number of alkyl halides is 3. The number of benzene rings is 3. The average molecular weight is 515 g/mol. The number of halogens is 5. The molecule has 1 amide bonds. The molecule has 1 atom stereocenters. The van der Waals surface area contributed by atoms with Crippen molar-refractivity contribution < 1.29 is 31.2 Å². The number of oxazole rings is 1. The first-order valence-corrected chi connectivity index (χ1v) is 11.2. The molecule has 0 aliphatic carbocycles. The number of nitrogens with zero attached hydrogens (tertiary/aromatic N) is 1. The first kappa shape index (κ1) is 25.9. The molecule has 1 unspecified atom stereocenters. The van der Waals surface area contributed by atoms with Crippen molar-refractivity contribution in [3.63, 3.8) is 0 Å². The number of aromatic nitrogens is 1. The molecule has 0 aliphatic rings. The van der Waals surface area contributed by atoms with Crippen LogP contribution in [0.5, 0.6) is 0 Å². The average Bonchev–Trinajstić information content (AvgIpc) is 3.22. The Morgan fingerprint density at radius 2 is 1.84 bits per heavy atom. The summed E-state index contributed by atoms with van der Waals surface area (Å²) in [7, 11) is 0. The Kier molecular flexibility index (Phi) is 7.02. The van der Waals surface area contributed by atoms with Gasteiger partial charge in [-0.1, -0.05) is 12.1 Å². The van der Waals surface area contributed by atoms with Crippen molar-refractivity contribution in [1.82, 2.24) is 9.88 Å². The standard InChI is InChI=1S/C27H22F5N3O2/c1-15-9-21(28)4-5-22(15)19-10-17(14-35-7-8-37-26(35)33)11-20(12-19)25(36)34-16(2)18-3-6-24(29)23(13-18)27(30,31)32/h3-13,16,33H,14H2,1-2H3,(H,34,36). The van der Waals surface area contributed by atoms with Gasteiger partial charge in [-0.15, -0.1) is 0 Å². The highest BCUT2D eigenvalue weighted by Crippen LogP contribution is 2.33. The molecule has 4 aromatic rings. The Morgan fingerprint density at radius 1 is 1.08 bits per heavy atom. The van der Waals surface area contributed by atoms with E-state index in [-0.39, 0.29) is 23.4 Å². The van der Waals surface area contributed by atoms with Gasteiger partial charge in [0, 0.05) is 11.8 Å². The van der Waals surface area contributed by atoms with E-state index in [2.05, 4.69) is 5.32 Å². The van der Waals surface area contributed by atoms with Crippen LogP contribution in [0.1, 0.15) is 45.6 Å². The van der Waals surface area contributed by atoms with Gasteiger partial charge in [0.15, 0.2) is 0 Å². The minimum Gasteiger partial charge on any atom is -0.432 e. The summed E-state index contributed by atoms with van der Waals surface area (Å²) < 4.78 is 73.3. The van der Waals surface area contributed by atoms with Crippen molar-refractivity contribution in [2.24, 2.45) is 0 Å². The largest absolute Gasteiger partial charge is 0.432 e. The summed E-state index contributed by atoms with van der Waals surface area (Å²) in [6.07, 6.45) is -1.96. The molecule has 0 spiro atoms. The van der Waals surface area contributed by atoms with E-state index in [0.29, 0.717) is 28.3 Å². The third-order valence-electron chi connectivity index (χ3n) is 5.93. The molecule has 0 saturated carbocycles. The van der Waals surface area contributed by atoms with Crippen LogP contribution in [0.25, 0.3) is 11.1 Å². The molecule has 0 aliphatic heterocycles. The maximum atomic E-state index is 13.7. The van der Waals surface area contributed by atoms with E-state index in [4.69, 9.17) is 9.83 Å². The molecule has 3 aromatic carbocycles. The van der Waals surface area contributed by atoms with Gasteiger partial charge in [-0.25, -0.2) is 8.78 Å². The van der Waals surface area contributed by atoms with Crippen molar-refractivity contribution >= 4 is 5.91 Å². The molecular formula is C27H22F5N3O2. The molecule has 0 fully saturated rings. The van der Waals surface area contributed by atoms with Gasteiger partial charge in [-0.2, -0.15) is 13.2 Å². The molecule has 192 valence electrons. The van der Waals surface area contributed by atoms with Crippen LogP contribution in [0.15, 0.2) is 71.5 Å². The predicted octanol–water partition coefficient (Wildman–Crippen LogP) is 6.37. The summed E-state index contributed by atoms with van der Waals surface area (Å²) in [5.41, 5.74) is 1.36. The molecule has 1 heterocycles. The summed E-state index contributed by atoms with van der Waals surface area (Å²) in [5.74, 6) is -2.38. The highest BCUT2D eigenvalue weighted by atomic mass is 19.4. The maximum Gasteiger partial charge on any atom is 0.419 e. The topological polar surface area (TPSA) is 71.0 Å². The number of carbonyl (C=O) groups is 1. The van der Waals surface area contributed by atoms with Crippen LogP contribution < -0.4 is 11.0 Å². The van der Waals surface area contributed by atoms with Gasteiger partial charge in [-0.3, -0.25) is 14.8 Å². The van der Waals surface area contributed by atoms with E-state index >= 15 is 0 Å². The van der Waals surface area contributed by atoms with Crippen LogP contribution in [0.4, 0.5) is 22.0 Å². The summed E-state index contributed by atoms with van der Waals surface area (Å²) in [4.78, 5) is 13.2. The third kappa shape index (κ3) is 5.79. The number of nitrogens with one attached hydrogen (secondary N) is 2. The first-order chi connectivity index (χ1) is 17.4. The number of aryl methyl sites for hydroxylation is 1. The highest BCUT2D eigenvalue weighted by molar-refractivity contribution is 5.96. The quantitative estimate of drug-likeness (QED) is 0.293. The zero-order valence-electron chi connectivity index (χ0n) is 19.8. The second-order valence-corrected chi connectivity index (χ2v) is 8.65. The van der Waals surface area contributed by atoms with E-state index in [1.165, 1.54) is 36.0 Å². The lowest BCUT2D eigenvalue weighted by Crippen LogP contribution is -2.27. The minimum absolute atomic E-state index is 0.0839. The van der Waals surface area contributed by atoms with E-state index in [1.54, 1.807) is 37.4 Å². The van der Waals surface area contributed by atoms with E-state index in [9.17, 15) is 26.7 Å². The van der Waals surface area contributed by atoms with Gasteiger partial charge in [0.2, 0.25) is 0 Å². The van der Waals surface area contributed by atoms with Gasteiger partial charge >= 0.3 is 6.18 Å². The first-order valence-electron chi connectivity index (χ1n) is 11.2. The Labute approximate surface area is 208 Å². The van der Waals surface area contributed by atoms with E-state index in [0.717, 1.165) is 6.07 Å². The Balaban J connectivity index is 1.69. The normalized spacial score (nSPS) is 12.4. The number of rotatable bonds is 6. The summed E-state index contributed by atoms with van der Waals surface area (Å²) in [6.45, 7) is 3.42. The van der Waals surface area contributed by atoms with E-state index in [1.807, 2.05) is 0 Å². The van der Waals surface area contributed by atoms with Crippen LogP contribution in [-0.2, 0) is 12.7 Å². The SMILES string of the molecule is Cc1cc(F)ccc1-c1cc(Cn2ccoc2=N)cc(C(=O)NC(C)c2ccc(F)c(C(F)(F)F)c2)c1. The molecule has 37 heavy (non-hydrogen) atoms. The molecular weight excluding hydrogens is 493 g/mol. The summed E-state index contributed by atoms with van der Waals surface area (Å²) in [6, 6.07) is 11.0. The smallest absolute Gasteiger partial charge is 0.419 e. The fourth-order valence-electron chi connectivity index (χ4n) is 4.04. The van der Waals surface area contributed by atoms with Crippen LogP contribution in [-0.4, -0.2) is 10.5 Å².